The number of phenolic OH excluding ortho intramolecular Hbond substituents is 1. The average Bonchev–Trinajstić information content (AvgIpc) is 3.43. The summed E-state index contributed by atoms with van der Waals surface area (Å²) in [6.45, 7) is 12.6. The highest BCUT2D eigenvalue weighted by Gasteiger charge is 2.39. The van der Waals surface area contributed by atoms with Gasteiger partial charge in [-0.05, 0) is 96.5 Å². The molecule has 0 saturated carbocycles. The fourth-order valence-electron chi connectivity index (χ4n) is 6.51. The van der Waals surface area contributed by atoms with Crippen molar-refractivity contribution >= 4 is 42.1 Å². The molecule has 0 unspecified atom stereocenters. The van der Waals surface area contributed by atoms with E-state index in [1.807, 2.05) is 72.8 Å². The number of aromatic nitrogens is 2. The molecule has 1 atom stereocenters. The zero-order valence-electron chi connectivity index (χ0n) is 31.4. The molecule has 6 aromatic rings. The van der Waals surface area contributed by atoms with Crippen LogP contribution in [0, 0.1) is 0 Å². The highest BCUT2D eigenvalue weighted by Crippen LogP contribution is 2.41. The number of amides is 1. The Kier molecular flexibility index (Phi) is 11.3. The van der Waals surface area contributed by atoms with E-state index < -0.39 is 20.2 Å². The molecule has 6 rings (SSSR count). The number of fused-ring (bicyclic) bond motifs is 2. The maximum Gasteiger partial charge on any atom is 0.419 e. The first-order valence-electron chi connectivity index (χ1n) is 18.2. The predicted molar refractivity (Wildman–Crippen MR) is 216 cm³/mol. The van der Waals surface area contributed by atoms with Gasteiger partial charge in [0.1, 0.15) is 5.75 Å². The molecule has 5 N–H and O–H groups in total. The van der Waals surface area contributed by atoms with E-state index in [2.05, 4.69) is 49.5 Å². The second-order valence-corrected chi connectivity index (χ2v) is 20.0. The molecule has 2 aromatic heterocycles. The minimum atomic E-state index is -2.22. The molecule has 1 amide bonds. The quantitative estimate of drug-likeness (QED) is 0.0549. The number of aryl methyl sites for hydroxylation is 2. The Morgan fingerprint density at radius 3 is 2.43 bits per heavy atom. The number of phenols is 1. The van der Waals surface area contributed by atoms with Crippen molar-refractivity contribution in [3.8, 4) is 16.9 Å². The van der Waals surface area contributed by atoms with Crippen molar-refractivity contribution in [3.63, 3.8) is 0 Å². The summed E-state index contributed by atoms with van der Waals surface area (Å²) < 4.78 is 14.2. The molecule has 282 valence electrons. The fourth-order valence-corrected chi connectivity index (χ4v) is 7.78. The van der Waals surface area contributed by atoms with Gasteiger partial charge in [0.25, 0.3) is 0 Å². The highest BCUT2D eigenvalue weighted by molar-refractivity contribution is 6.74. The minimum absolute atomic E-state index is 0.0132. The molecule has 11 nitrogen and oxygen atoms in total. The van der Waals surface area contributed by atoms with Crippen LogP contribution in [0.15, 0.2) is 105 Å². The lowest BCUT2D eigenvalue weighted by atomic mass is 9.99. The van der Waals surface area contributed by atoms with Gasteiger partial charge >= 0.3 is 11.8 Å². The van der Waals surface area contributed by atoms with Crippen LogP contribution in [0.4, 0.5) is 10.5 Å². The molecule has 0 saturated heterocycles. The molecule has 0 bridgehead atoms. The van der Waals surface area contributed by atoms with Crippen LogP contribution >= 0.6 is 0 Å². The maximum atomic E-state index is 12.9. The zero-order chi connectivity index (χ0) is 38.6. The third kappa shape index (κ3) is 8.68. The van der Waals surface area contributed by atoms with E-state index in [0.29, 0.717) is 55.7 Å². The monoisotopic (exact) mass is 748 g/mol. The minimum Gasteiger partial charge on any atom is -0.506 e. The van der Waals surface area contributed by atoms with Gasteiger partial charge in [-0.25, -0.2) is 9.59 Å². The lowest BCUT2D eigenvalue weighted by Gasteiger charge is -2.39. The van der Waals surface area contributed by atoms with Crippen LogP contribution in [-0.2, 0) is 23.8 Å². The number of carboxylic acid groups (broad SMARTS) is 1. The molecule has 0 fully saturated rings. The van der Waals surface area contributed by atoms with Crippen LogP contribution in [-0.4, -0.2) is 47.3 Å². The summed E-state index contributed by atoms with van der Waals surface area (Å²) in [6.07, 6.45) is 0.536. The van der Waals surface area contributed by atoms with Crippen LogP contribution < -0.4 is 21.9 Å². The summed E-state index contributed by atoms with van der Waals surface area (Å²) >= 11 is 0. The molecular formula is C42H48N4O7Si. The Labute approximate surface area is 314 Å². The maximum absolute atomic E-state index is 12.9. The normalized spacial score (nSPS) is 12.7. The summed E-state index contributed by atoms with van der Waals surface area (Å²) in [5, 5.41) is 26.7. The second-order valence-electron chi connectivity index (χ2n) is 15.2. The molecule has 0 aliphatic carbocycles. The number of pyridine rings is 1. The first-order chi connectivity index (χ1) is 25.7. The summed E-state index contributed by atoms with van der Waals surface area (Å²) in [5.74, 6) is -0.402. The molecule has 0 spiro atoms. The van der Waals surface area contributed by atoms with E-state index in [1.54, 1.807) is 16.7 Å². The van der Waals surface area contributed by atoms with Crippen LogP contribution in [0.3, 0.4) is 0 Å². The van der Waals surface area contributed by atoms with Crippen LogP contribution in [0.5, 0.6) is 5.75 Å². The van der Waals surface area contributed by atoms with E-state index in [4.69, 9.17) is 8.84 Å². The van der Waals surface area contributed by atoms with E-state index in [0.717, 1.165) is 38.7 Å². The average molecular weight is 749 g/mol. The summed E-state index contributed by atoms with van der Waals surface area (Å²) in [5.41, 5.74) is 6.47. The summed E-state index contributed by atoms with van der Waals surface area (Å²) in [7, 11) is -2.22. The van der Waals surface area contributed by atoms with Gasteiger partial charge in [0.15, 0.2) is 13.9 Å². The SMILES string of the molecule is CC(C)(C)[Si](C)(C)O[C@@H](CNCCc1ccc2c(c1)oc(=O)n2CCCc1ccc(-c2ccccc2)c(NC(=O)O)c1)c1ccc(O)c2[nH]c(=O)ccc12. The summed E-state index contributed by atoms with van der Waals surface area (Å²) in [6, 6.07) is 27.9. The number of nitrogens with one attached hydrogen (secondary N) is 3. The van der Waals surface area contributed by atoms with Crippen molar-refractivity contribution in [1.82, 2.24) is 14.9 Å². The summed E-state index contributed by atoms with van der Waals surface area (Å²) in [4.78, 5) is 39.3. The molecular weight excluding hydrogens is 701 g/mol. The largest absolute Gasteiger partial charge is 0.506 e. The van der Waals surface area contributed by atoms with Crippen LogP contribution in [0.2, 0.25) is 18.1 Å². The highest BCUT2D eigenvalue weighted by atomic mass is 28.4. The van der Waals surface area contributed by atoms with E-state index in [9.17, 15) is 24.6 Å². The number of carbonyl (C=O) groups is 1. The van der Waals surface area contributed by atoms with Crippen molar-refractivity contribution in [2.45, 2.75) is 70.8 Å². The standard InChI is InChI=1S/C42H48N4O7Si/c1-42(2,3)54(4,5)53-37(31-16-19-35(47)39-32(31)17-20-38(48)45-39)26-43-22-21-28-14-18-34-36(25-28)52-41(51)46(34)23-9-10-27-13-15-30(29-11-7-6-8-12-29)33(24-27)44-40(49)50/h6-8,11-20,24-25,37,43-44,47H,9-10,21-23,26H2,1-5H3,(H,45,48)(H,49,50)/t37-/m0/s1. The topological polar surface area (TPSA) is 159 Å². The van der Waals surface area contributed by atoms with Crippen molar-refractivity contribution < 1.29 is 23.9 Å². The molecule has 2 heterocycles. The van der Waals surface area contributed by atoms with Crippen molar-refractivity contribution in [3.05, 3.63) is 129 Å². The van der Waals surface area contributed by atoms with Crippen LogP contribution in [0.1, 0.15) is 50.0 Å². The number of aromatic amines is 1. The van der Waals surface area contributed by atoms with Gasteiger partial charge in [-0.2, -0.15) is 0 Å². The fraction of sp³-hybridized carbons (Fsp3) is 0.310. The molecule has 4 aromatic carbocycles. The van der Waals surface area contributed by atoms with E-state index >= 15 is 0 Å². The number of hydrogen-bond donors (Lipinski definition) is 5. The molecule has 12 heteroatoms. The zero-order valence-corrected chi connectivity index (χ0v) is 32.4. The van der Waals surface area contributed by atoms with E-state index in [-0.39, 0.29) is 22.5 Å². The number of aromatic hydroxyl groups is 1. The third-order valence-corrected chi connectivity index (χ3v) is 14.9. The number of oxazole rings is 1. The Bertz CT molecular complexity index is 2390. The lowest BCUT2D eigenvalue weighted by Crippen LogP contribution is -2.43. The van der Waals surface area contributed by atoms with Crippen molar-refractivity contribution in [2.24, 2.45) is 0 Å². The molecule has 0 aliphatic heterocycles. The number of anilines is 1. The predicted octanol–water partition coefficient (Wildman–Crippen LogP) is 8.43. The number of hydrogen-bond acceptors (Lipinski definition) is 7. The van der Waals surface area contributed by atoms with Gasteiger partial charge in [0.05, 0.1) is 22.8 Å². The van der Waals surface area contributed by atoms with Gasteiger partial charge in [-0.15, -0.1) is 0 Å². The lowest BCUT2D eigenvalue weighted by molar-refractivity contribution is 0.182. The number of rotatable bonds is 14. The van der Waals surface area contributed by atoms with Gasteiger partial charge in [-0.1, -0.05) is 75.4 Å². The van der Waals surface area contributed by atoms with Gasteiger partial charge < -0.3 is 29.4 Å². The second kappa shape index (κ2) is 15.9. The first-order valence-corrected chi connectivity index (χ1v) is 21.1. The molecule has 54 heavy (non-hydrogen) atoms. The Balaban J connectivity index is 1.11. The van der Waals surface area contributed by atoms with Gasteiger partial charge in [0, 0.05) is 30.1 Å². The number of H-pyrrole nitrogens is 1. The third-order valence-electron chi connectivity index (χ3n) is 10.4. The van der Waals surface area contributed by atoms with Crippen molar-refractivity contribution in [2.75, 3.05) is 18.4 Å². The number of benzene rings is 4. The molecule has 0 aliphatic rings. The Morgan fingerprint density at radius 2 is 1.69 bits per heavy atom. The Hall–Kier alpha value is -5.43. The molecule has 0 radical (unpaired) electrons. The smallest absolute Gasteiger partial charge is 0.419 e. The van der Waals surface area contributed by atoms with Crippen molar-refractivity contribution in [1.29, 1.82) is 0 Å². The first kappa shape index (κ1) is 38.3. The Morgan fingerprint density at radius 1 is 0.944 bits per heavy atom. The van der Waals surface area contributed by atoms with Gasteiger partial charge in [0.2, 0.25) is 5.56 Å². The van der Waals surface area contributed by atoms with Gasteiger partial charge in [-0.3, -0.25) is 14.7 Å². The van der Waals surface area contributed by atoms with E-state index in [1.165, 1.54) is 6.07 Å². The van der Waals surface area contributed by atoms with Crippen LogP contribution in [0.25, 0.3) is 33.1 Å². The number of nitrogens with zero attached hydrogens (tertiary/aromatic N) is 1.